The van der Waals surface area contributed by atoms with Crippen LogP contribution in [0.25, 0.3) is 0 Å². The first-order valence-corrected chi connectivity index (χ1v) is 14.3. The summed E-state index contributed by atoms with van der Waals surface area (Å²) < 4.78 is 44.6. The summed E-state index contributed by atoms with van der Waals surface area (Å²) in [6.45, 7) is 0. The molecule has 0 radical (unpaired) electrons. The number of benzene rings is 4. The first kappa shape index (κ1) is 28.6. The zero-order chi connectivity index (χ0) is 29.8. The first-order chi connectivity index (χ1) is 20.1. The van der Waals surface area contributed by atoms with E-state index in [9.17, 15) is 18.4 Å². The second-order valence-electron chi connectivity index (χ2n) is 10.5. The Hall–Kier alpha value is -3.52. The van der Waals surface area contributed by atoms with Gasteiger partial charge in [0.25, 0.3) is 0 Å². The van der Waals surface area contributed by atoms with Crippen molar-refractivity contribution in [2.45, 2.75) is 36.6 Å². The van der Waals surface area contributed by atoms with Crippen LogP contribution in [0.2, 0.25) is 15.1 Å². The lowest BCUT2D eigenvalue weighted by Gasteiger charge is -2.47. The molecular formula is C32H22Cl3F3N2O2. The van der Waals surface area contributed by atoms with Crippen molar-refractivity contribution in [1.82, 2.24) is 5.32 Å². The summed E-state index contributed by atoms with van der Waals surface area (Å²) in [7, 11) is 0. The summed E-state index contributed by atoms with van der Waals surface area (Å²) in [5, 5.41) is 6.79. The Morgan fingerprint density at radius 3 is 2.36 bits per heavy atom. The fourth-order valence-corrected chi connectivity index (χ4v) is 7.01. The van der Waals surface area contributed by atoms with Crippen LogP contribution in [0.5, 0.6) is 0 Å². The van der Waals surface area contributed by atoms with Crippen LogP contribution in [0.1, 0.15) is 46.2 Å². The maximum absolute atomic E-state index is 15.4. The summed E-state index contributed by atoms with van der Waals surface area (Å²) in [6, 6.07) is 16.3. The normalized spacial score (nSPS) is 21.3. The third kappa shape index (κ3) is 4.74. The molecule has 1 saturated heterocycles. The van der Waals surface area contributed by atoms with Crippen LogP contribution in [0, 0.1) is 17.5 Å². The number of hydrogen-bond donors (Lipinski definition) is 2. The molecule has 1 spiro atoms. The predicted molar refractivity (Wildman–Crippen MR) is 157 cm³/mol. The molecule has 2 amide bonds. The van der Waals surface area contributed by atoms with Gasteiger partial charge in [-0.15, -0.1) is 0 Å². The lowest BCUT2D eigenvalue weighted by molar-refractivity contribution is -0.131. The average Bonchev–Trinajstić information content (AvgIpc) is 3.22. The van der Waals surface area contributed by atoms with Crippen LogP contribution in [-0.4, -0.2) is 11.8 Å². The molecule has 4 aromatic carbocycles. The van der Waals surface area contributed by atoms with Gasteiger partial charge in [0, 0.05) is 38.7 Å². The monoisotopic (exact) mass is 628 g/mol. The van der Waals surface area contributed by atoms with E-state index in [0.29, 0.717) is 38.0 Å². The average molecular weight is 630 g/mol. The summed E-state index contributed by atoms with van der Waals surface area (Å²) in [6.07, 6.45) is 0.213. The Labute approximate surface area is 254 Å². The Morgan fingerprint density at radius 1 is 0.810 bits per heavy atom. The molecule has 2 N–H and O–H groups in total. The highest BCUT2D eigenvalue weighted by molar-refractivity contribution is 6.32. The van der Waals surface area contributed by atoms with Gasteiger partial charge in [-0.2, -0.15) is 0 Å². The van der Waals surface area contributed by atoms with E-state index in [2.05, 4.69) is 10.6 Å². The highest BCUT2D eigenvalue weighted by atomic mass is 35.5. The molecule has 10 heteroatoms. The van der Waals surface area contributed by atoms with E-state index in [-0.39, 0.29) is 29.8 Å². The molecule has 2 heterocycles. The fourth-order valence-electron chi connectivity index (χ4n) is 6.40. The van der Waals surface area contributed by atoms with Crippen LogP contribution in [-0.2, 0) is 27.8 Å². The van der Waals surface area contributed by atoms with E-state index in [1.165, 1.54) is 12.1 Å². The molecule has 0 aromatic heterocycles. The number of piperidine rings is 1. The van der Waals surface area contributed by atoms with E-state index < -0.39 is 46.6 Å². The molecule has 0 saturated carbocycles. The molecule has 214 valence electrons. The minimum absolute atomic E-state index is 0.102. The Bertz CT molecular complexity index is 1750. The number of carbonyl (C=O) groups excluding carboxylic acids is 2. The quantitative estimate of drug-likeness (QED) is 0.235. The number of rotatable bonds is 5. The summed E-state index contributed by atoms with van der Waals surface area (Å²) >= 11 is 19.0. The SMILES string of the molecule is O=C1C[C@@H](c2cc(F)ccc2F)[C@]2(C(=O)Nc3cc(Cl)ccc32)[C@@H](c2cc(Cl)ccc2CCc2c(F)cccc2Cl)N1. The number of halogens is 6. The molecule has 0 bridgehead atoms. The molecule has 3 atom stereocenters. The van der Waals surface area contributed by atoms with Gasteiger partial charge in [0.15, 0.2) is 0 Å². The highest BCUT2D eigenvalue weighted by Crippen LogP contribution is 2.58. The highest BCUT2D eigenvalue weighted by Gasteiger charge is 2.62. The summed E-state index contributed by atoms with van der Waals surface area (Å²) in [4.78, 5) is 27.6. The van der Waals surface area contributed by atoms with Crippen LogP contribution in [0.15, 0.2) is 72.8 Å². The van der Waals surface area contributed by atoms with Gasteiger partial charge in [-0.3, -0.25) is 9.59 Å². The minimum Gasteiger partial charge on any atom is -0.348 e. The molecule has 4 aromatic rings. The minimum atomic E-state index is -1.61. The van der Waals surface area contributed by atoms with Crippen molar-refractivity contribution < 1.29 is 22.8 Å². The molecule has 0 aliphatic carbocycles. The largest absolute Gasteiger partial charge is 0.348 e. The number of amides is 2. The number of aryl methyl sites for hydroxylation is 1. The van der Waals surface area contributed by atoms with E-state index in [1.54, 1.807) is 42.5 Å². The second kappa shape index (κ2) is 11.0. The number of anilines is 1. The van der Waals surface area contributed by atoms with Gasteiger partial charge >= 0.3 is 0 Å². The lowest BCUT2D eigenvalue weighted by atomic mass is 9.58. The first-order valence-electron chi connectivity index (χ1n) is 13.2. The predicted octanol–water partition coefficient (Wildman–Crippen LogP) is 8.08. The van der Waals surface area contributed by atoms with Gasteiger partial charge in [-0.25, -0.2) is 13.2 Å². The van der Waals surface area contributed by atoms with Crippen molar-refractivity contribution in [1.29, 1.82) is 0 Å². The maximum atomic E-state index is 15.4. The molecule has 1 fully saturated rings. The van der Waals surface area contributed by atoms with E-state index >= 15 is 4.39 Å². The number of fused-ring (bicyclic) bond motifs is 2. The van der Waals surface area contributed by atoms with E-state index in [0.717, 1.165) is 18.2 Å². The number of hydrogen-bond acceptors (Lipinski definition) is 2. The van der Waals surface area contributed by atoms with Crippen molar-refractivity contribution in [3.05, 3.63) is 133 Å². The van der Waals surface area contributed by atoms with Gasteiger partial charge < -0.3 is 10.6 Å². The van der Waals surface area contributed by atoms with Crippen molar-refractivity contribution in [3.63, 3.8) is 0 Å². The van der Waals surface area contributed by atoms with Crippen molar-refractivity contribution in [2.24, 2.45) is 0 Å². The number of nitrogens with one attached hydrogen (secondary N) is 2. The Kier molecular flexibility index (Phi) is 7.46. The standard InChI is InChI=1S/C32H22Cl3F3N2O2/c33-17-6-4-16(5-9-20-25(35)2-1-3-26(20)37)21(12-17)30-32(23-10-7-18(34)13-28(23)39-31(32)42)24(15-29(41)40-30)22-14-19(36)8-11-27(22)38/h1-4,6-8,10-14,24,30H,5,9,15H2,(H,39,42)(H,40,41)/t24-,30+,32-/m0/s1. The van der Waals surface area contributed by atoms with Crippen LogP contribution >= 0.6 is 34.8 Å². The van der Waals surface area contributed by atoms with E-state index in [4.69, 9.17) is 34.8 Å². The fraction of sp³-hybridized carbons (Fsp3) is 0.188. The van der Waals surface area contributed by atoms with Gasteiger partial charge in [0.05, 0.1) is 6.04 Å². The van der Waals surface area contributed by atoms with Crippen molar-refractivity contribution in [2.75, 3.05) is 5.32 Å². The third-order valence-corrected chi connectivity index (χ3v) is 9.03. The van der Waals surface area contributed by atoms with Gasteiger partial charge in [-0.1, -0.05) is 53.0 Å². The van der Waals surface area contributed by atoms with E-state index in [1.807, 2.05) is 0 Å². The zero-order valence-electron chi connectivity index (χ0n) is 21.8. The topological polar surface area (TPSA) is 58.2 Å². The van der Waals surface area contributed by atoms with Crippen LogP contribution in [0.4, 0.5) is 18.9 Å². The summed E-state index contributed by atoms with van der Waals surface area (Å²) in [5.41, 5.74) is 0.630. The van der Waals surface area contributed by atoms with Gasteiger partial charge in [0.1, 0.15) is 22.9 Å². The van der Waals surface area contributed by atoms with Crippen LogP contribution in [0.3, 0.4) is 0 Å². The third-order valence-electron chi connectivity index (χ3n) is 8.21. The van der Waals surface area contributed by atoms with Crippen molar-refractivity contribution in [3.8, 4) is 0 Å². The zero-order valence-corrected chi connectivity index (χ0v) is 24.1. The molecule has 4 nitrogen and oxygen atoms in total. The van der Waals surface area contributed by atoms with Crippen molar-refractivity contribution >= 4 is 52.3 Å². The molecule has 6 rings (SSSR count). The molecule has 42 heavy (non-hydrogen) atoms. The second-order valence-corrected chi connectivity index (χ2v) is 11.8. The van der Waals surface area contributed by atoms with Gasteiger partial charge in [0.2, 0.25) is 11.8 Å². The number of carbonyl (C=O) groups is 2. The molecular weight excluding hydrogens is 608 g/mol. The summed E-state index contributed by atoms with van der Waals surface area (Å²) in [5.74, 6) is -3.97. The Balaban J connectivity index is 1.57. The lowest BCUT2D eigenvalue weighted by Crippen LogP contribution is -2.57. The van der Waals surface area contributed by atoms with Crippen LogP contribution < -0.4 is 10.6 Å². The Morgan fingerprint density at radius 2 is 1.57 bits per heavy atom. The van der Waals surface area contributed by atoms with Gasteiger partial charge in [-0.05, 0) is 89.7 Å². The molecule has 0 unspecified atom stereocenters. The molecule has 2 aliphatic heterocycles. The maximum Gasteiger partial charge on any atom is 0.238 e. The molecule has 2 aliphatic rings. The smallest absolute Gasteiger partial charge is 0.238 e.